The molecule has 0 fully saturated rings. The predicted molar refractivity (Wildman–Crippen MR) is 116 cm³/mol. The summed E-state index contributed by atoms with van der Waals surface area (Å²) in [6.45, 7) is 7.39. The molecule has 1 unspecified atom stereocenters. The van der Waals surface area contributed by atoms with Crippen molar-refractivity contribution in [1.82, 2.24) is 0 Å². The van der Waals surface area contributed by atoms with Gasteiger partial charge in [0.25, 0.3) is 0 Å². The normalized spacial score (nSPS) is 18.5. The minimum absolute atomic E-state index is 0.0898. The van der Waals surface area contributed by atoms with Gasteiger partial charge in [-0.2, -0.15) is 0 Å². The van der Waals surface area contributed by atoms with E-state index in [1.165, 1.54) is 16.7 Å². The summed E-state index contributed by atoms with van der Waals surface area (Å²) < 4.78 is 22.8. The second-order valence-corrected chi connectivity index (χ2v) is 8.17. The summed E-state index contributed by atoms with van der Waals surface area (Å²) in [5, 5.41) is 3.65. The zero-order valence-electron chi connectivity index (χ0n) is 17.8. The first kappa shape index (κ1) is 19.8. The van der Waals surface area contributed by atoms with Gasteiger partial charge in [-0.1, -0.05) is 18.2 Å². The molecule has 0 saturated heterocycles. The third-order valence-electron chi connectivity index (χ3n) is 5.47. The number of fused-ring (bicyclic) bond motifs is 5. The molecule has 2 aromatic rings. The van der Waals surface area contributed by atoms with Crippen molar-refractivity contribution < 1.29 is 18.9 Å². The number of anilines is 1. The molecule has 0 spiro atoms. The van der Waals surface area contributed by atoms with E-state index in [1.54, 1.807) is 14.2 Å². The maximum absolute atomic E-state index is 6.49. The molecule has 2 aromatic carbocycles. The van der Waals surface area contributed by atoms with Crippen molar-refractivity contribution in [2.45, 2.75) is 38.8 Å². The van der Waals surface area contributed by atoms with Crippen LogP contribution in [0.3, 0.4) is 0 Å². The zero-order valence-corrected chi connectivity index (χ0v) is 17.8. The highest BCUT2D eigenvalue weighted by Gasteiger charge is 2.34. The van der Waals surface area contributed by atoms with Gasteiger partial charge in [0.2, 0.25) is 0 Å². The van der Waals surface area contributed by atoms with E-state index in [0.29, 0.717) is 6.61 Å². The van der Waals surface area contributed by atoms with Crippen molar-refractivity contribution in [3.8, 4) is 22.6 Å². The van der Waals surface area contributed by atoms with Crippen LogP contribution in [0.5, 0.6) is 11.5 Å². The Kier molecular flexibility index (Phi) is 5.28. The number of ether oxygens (including phenoxy) is 4. The van der Waals surface area contributed by atoms with Crippen LogP contribution in [0.2, 0.25) is 0 Å². The van der Waals surface area contributed by atoms with Gasteiger partial charge >= 0.3 is 0 Å². The van der Waals surface area contributed by atoms with Crippen molar-refractivity contribution in [2.24, 2.45) is 0 Å². The van der Waals surface area contributed by atoms with Gasteiger partial charge in [-0.15, -0.1) is 0 Å². The number of benzene rings is 2. The Morgan fingerprint density at radius 1 is 1.10 bits per heavy atom. The lowest BCUT2D eigenvalue weighted by Crippen LogP contribution is -2.32. The van der Waals surface area contributed by atoms with Crippen LogP contribution in [0, 0.1) is 0 Å². The summed E-state index contributed by atoms with van der Waals surface area (Å²) in [5.41, 5.74) is 6.89. The van der Waals surface area contributed by atoms with Crippen molar-refractivity contribution >= 4 is 11.3 Å². The van der Waals surface area contributed by atoms with Gasteiger partial charge in [-0.25, -0.2) is 0 Å². The van der Waals surface area contributed by atoms with Crippen molar-refractivity contribution in [1.29, 1.82) is 0 Å². The van der Waals surface area contributed by atoms with Gasteiger partial charge in [0, 0.05) is 30.3 Å². The molecule has 0 bridgehead atoms. The highest BCUT2D eigenvalue weighted by molar-refractivity contribution is 5.91. The van der Waals surface area contributed by atoms with Crippen LogP contribution in [-0.4, -0.2) is 33.2 Å². The lowest BCUT2D eigenvalue weighted by molar-refractivity contribution is -0.0385. The fourth-order valence-corrected chi connectivity index (χ4v) is 4.49. The maximum atomic E-state index is 6.49. The fraction of sp³-hybridized carbons (Fsp3) is 0.417. The number of hydrogen-bond acceptors (Lipinski definition) is 5. The van der Waals surface area contributed by atoms with E-state index in [9.17, 15) is 0 Å². The first-order chi connectivity index (χ1) is 13.9. The lowest BCUT2D eigenvalue weighted by atomic mass is 9.81. The van der Waals surface area contributed by atoms with Crippen LogP contribution in [0.15, 0.2) is 36.4 Å². The lowest BCUT2D eigenvalue weighted by Gasteiger charge is -2.37. The average molecular weight is 395 g/mol. The van der Waals surface area contributed by atoms with Crippen molar-refractivity contribution in [3.05, 3.63) is 47.5 Å². The SMILES string of the molecule is COCOCCC1Oc2cccc(OC)c2-c2ccc3c(c21)C(C)=CC(C)(C)N3. The minimum atomic E-state index is -0.109. The molecule has 2 heterocycles. The monoisotopic (exact) mass is 395 g/mol. The molecule has 1 N–H and O–H groups in total. The number of nitrogens with one attached hydrogen (secondary N) is 1. The summed E-state index contributed by atoms with van der Waals surface area (Å²) in [6, 6.07) is 10.3. The second-order valence-electron chi connectivity index (χ2n) is 8.17. The summed E-state index contributed by atoms with van der Waals surface area (Å²) in [6.07, 6.45) is 2.91. The molecule has 5 nitrogen and oxygen atoms in total. The molecule has 0 aromatic heterocycles. The van der Waals surface area contributed by atoms with Gasteiger partial charge in [0.15, 0.2) is 0 Å². The Labute approximate surface area is 172 Å². The zero-order chi connectivity index (χ0) is 20.6. The molecule has 154 valence electrons. The second kappa shape index (κ2) is 7.73. The molecule has 0 radical (unpaired) electrons. The molecule has 4 rings (SSSR count). The number of hydrogen-bond donors (Lipinski definition) is 1. The van der Waals surface area contributed by atoms with E-state index in [1.807, 2.05) is 18.2 Å². The Morgan fingerprint density at radius 2 is 1.93 bits per heavy atom. The van der Waals surface area contributed by atoms with E-state index in [4.69, 9.17) is 18.9 Å². The number of allylic oxidation sites excluding steroid dienone is 1. The molecular formula is C24H29NO4. The van der Waals surface area contributed by atoms with E-state index >= 15 is 0 Å². The number of rotatable bonds is 6. The van der Waals surface area contributed by atoms with E-state index < -0.39 is 0 Å². The van der Waals surface area contributed by atoms with Crippen LogP contribution in [-0.2, 0) is 9.47 Å². The first-order valence-corrected chi connectivity index (χ1v) is 10.0. The minimum Gasteiger partial charge on any atom is -0.496 e. The Morgan fingerprint density at radius 3 is 2.69 bits per heavy atom. The number of methoxy groups -OCH3 is 2. The Hall–Kier alpha value is -2.50. The molecule has 5 heteroatoms. The molecule has 0 aliphatic carbocycles. The molecule has 0 amide bonds. The van der Waals surface area contributed by atoms with E-state index in [-0.39, 0.29) is 18.4 Å². The van der Waals surface area contributed by atoms with Crippen molar-refractivity contribution in [3.63, 3.8) is 0 Å². The first-order valence-electron chi connectivity index (χ1n) is 10.0. The van der Waals surface area contributed by atoms with Crippen LogP contribution in [0.4, 0.5) is 5.69 Å². The van der Waals surface area contributed by atoms with Crippen LogP contribution < -0.4 is 14.8 Å². The third-order valence-corrected chi connectivity index (χ3v) is 5.47. The van der Waals surface area contributed by atoms with Crippen molar-refractivity contribution in [2.75, 3.05) is 32.9 Å². The van der Waals surface area contributed by atoms with Gasteiger partial charge < -0.3 is 24.3 Å². The molecule has 2 aliphatic rings. The molecule has 2 aliphatic heterocycles. The van der Waals surface area contributed by atoms with Gasteiger partial charge in [0.05, 0.1) is 24.8 Å². The summed E-state index contributed by atoms with van der Waals surface area (Å²) in [7, 11) is 3.33. The van der Waals surface area contributed by atoms with Gasteiger partial charge in [-0.3, -0.25) is 0 Å². The van der Waals surface area contributed by atoms with Gasteiger partial charge in [0.1, 0.15) is 24.4 Å². The fourth-order valence-electron chi connectivity index (χ4n) is 4.49. The van der Waals surface area contributed by atoms with E-state index in [0.717, 1.165) is 34.7 Å². The summed E-state index contributed by atoms with van der Waals surface area (Å²) >= 11 is 0. The summed E-state index contributed by atoms with van der Waals surface area (Å²) in [5.74, 6) is 1.67. The van der Waals surface area contributed by atoms with Crippen LogP contribution >= 0.6 is 0 Å². The summed E-state index contributed by atoms with van der Waals surface area (Å²) in [4.78, 5) is 0. The van der Waals surface area contributed by atoms with Crippen LogP contribution in [0.1, 0.15) is 44.4 Å². The quantitative estimate of drug-likeness (QED) is 0.523. The predicted octanol–water partition coefficient (Wildman–Crippen LogP) is 5.41. The smallest absolute Gasteiger partial charge is 0.146 e. The maximum Gasteiger partial charge on any atom is 0.146 e. The topological polar surface area (TPSA) is 49.0 Å². The van der Waals surface area contributed by atoms with E-state index in [2.05, 4.69) is 44.3 Å². The highest BCUT2D eigenvalue weighted by Crippen LogP contribution is 2.52. The van der Waals surface area contributed by atoms with Crippen LogP contribution in [0.25, 0.3) is 16.7 Å². The Balaban J connectivity index is 1.86. The third kappa shape index (κ3) is 3.61. The largest absolute Gasteiger partial charge is 0.496 e. The average Bonchev–Trinajstić information content (AvgIpc) is 2.69. The molecule has 1 atom stereocenters. The Bertz CT molecular complexity index is 948. The molecule has 29 heavy (non-hydrogen) atoms. The highest BCUT2D eigenvalue weighted by atomic mass is 16.7. The van der Waals surface area contributed by atoms with Gasteiger partial charge in [-0.05, 0) is 50.1 Å². The molecular weight excluding hydrogens is 366 g/mol. The standard InChI is InChI=1S/C24H29NO4/c1-15-13-24(2,3)25-17-10-9-16-22-18(27-5)7-6-8-19(22)29-20(23(16)21(15)17)11-12-28-14-26-4/h6-10,13,20,25H,11-12,14H2,1-5H3. The molecule has 0 saturated carbocycles.